The normalized spacial score (nSPS) is 9.72. The number of nitrogens with two attached hydrogens (primary N) is 1. The zero-order valence-corrected chi connectivity index (χ0v) is 22.1. The first-order valence-corrected chi connectivity index (χ1v) is 12.2. The van der Waals surface area contributed by atoms with Gasteiger partial charge in [0.25, 0.3) is 0 Å². The summed E-state index contributed by atoms with van der Waals surface area (Å²) in [6.07, 6.45) is 0.0242. The van der Waals surface area contributed by atoms with Gasteiger partial charge in [-0.15, -0.1) is 11.6 Å². The SMILES string of the molecule is ClCc1ccccc1.NCCC(=O)O.O=C(O)CN(CC(=O)O)CC(=O)NCCC(=O)OCc1ccccc1. The lowest BCUT2D eigenvalue weighted by molar-refractivity contribution is -0.145. The summed E-state index contributed by atoms with van der Waals surface area (Å²) in [5, 5.41) is 27.6. The number of rotatable bonds is 14. The summed E-state index contributed by atoms with van der Waals surface area (Å²) in [4.78, 5) is 55.0. The summed E-state index contributed by atoms with van der Waals surface area (Å²) in [5.41, 5.74) is 6.87. The Labute approximate surface area is 231 Å². The van der Waals surface area contributed by atoms with Crippen LogP contribution in [0.15, 0.2) is 60.7 Å². The van der Waals surface area contributed by atoms with E-state index < -0.39 is 49.4 Å². The van der Waals surface area contributed by atoms with Crippen LogP contribution in [0.3, 0.4) is 0 Å². The van der Waals surface area contributed by atoms with E-state index >= 15 is 0 Å². The average Bonchev–Trinajstić information content (AvgIpc) is 2.88. The number of nitrogens with one attached hydrogen (secondary N) is 1. The minimum absolute atomic E-state index is 0.0143. The number of amides is 1. The second kappa shape index (κ2) is 22.0. The van der Waals surface area contributed by atoms with Gasteiger partial charge in [0.2, 0.25) is 5.91 Å². The van der Waals surface area contributed by atoms with Crippen LogP contribution < -0.4 is 11.1 Å². The molecule has 0 radical (unpaired) electrons. The number of carbonyl (C=O) groups is 5. The molecule has 0 unspecified atom stereocenters. The first kappa shape index (κ1) is 35.0. The van der Waals surface area contributed by atoms with E-state index in [1.165, 1.54) is 5.56 Å². The maximum atomic E-state index is 11.7. The van der Waals surface area contributed by atoms with Crippen molar-refractivity contribution in [3.63, 3.8) is 0 Å². The fourth-order valence-corrected chi connectivity index (χ4v) is 2.79. The van der Waals surface area contributed by atoms with Crippen molar-refractivity contribution in [1.82, 2.24) is 10.2 Å². The van der Waals surface area contributed by atoms with Gasteiger partial charge < -0.3 is 31.1 Å². The number of aliphatic carboxylic acids is 3. The van der Waals surface area contributed by atoms with Gasteiger partial charge in [0, 0.05) is 19.0 Å². The Kier molecular flexibility index (Phi) is 19.8. The Bertz CT molecular complexity index is 992. The lowest BCUT2D eigenvalue weighted by atomic mass is 10.2. The molecule has 0 bridgehead atoms. The van der Waals surface area contributed by atoms with Crippen LogP contribution in [-0.4, -0.2) is 82.7 Å². The van der Waals surface area contributed by atoms with Crippen molar-refractivity contribution in [3.8, 4) is 0 Å². The first-order valence-electron chi connectivity index (χ1n) is 11.7. The molecule has 2 aromatic rings. The molecule has 2 aromatic carbocycles. The summed E-state index contributed by atoms with van der Waals surface area (Å²) in [7, 11) is 0. The highest BCUT2D eigenvalue weighted by Gasteiger charge is 2.17. The molecule has 0 aliphatic rings. The number of carboxylic acid groups (broad SMARTS) is 3. The zero-order chi connectivity index (χ0) is 29.5. The third-order valence-electron chi connectivity index (χ3n) is 4.33. The fraction of sp³-hybridized carbons (Fsp3) is 0.346. The van der Waals surface area contributed by atoms with E-state index in [1.807, 2.05) is 60.7 Å². The Balaban J connectivity index is 0.000000834. The van der Waals surface area contributed by atoms with Crippen LogP contribution in [0.1, 0.15) is 24.0 Å². The van der Waals surface area contributed by atoms with E-state index in [9.17, 15) is 24.0 Å². The van der Waals surface area contributed by atoms with Gasteiger partial charge in [-0.1, -0.05) is 60.7 Å². The minimum atomic E-state index is -1.24. The van der Waals surface area contributed by atoms with Crippen LogP contribution in [0.5, 0.6) is 0 Å². The van der Waals surface area contributed by atoms with Gasteiger partial charge in [-0.05, 0) is 11.1 Å². The molecule has 0 aliphatic carbocycles. The van der Waals surface area contributed by atoms with Gasteiger partial charge in [0.1, 0.15) is 6.61 Å². The number of alkyl halides is 1. The van der Waals surface area contributed by atoms with E-state index in [4.69, 9.17) is 37.4 Å². The second-order valence-corrected chi connectivity index (χ2v) is 8.00. The molecule has 0 spiro atoms. The Hall–Kier alpha value is -4.00. The number of hydrogen-bond donors (Lipinski definition) is 5. The molecule has 0 atom stereocenters. The van der Waals surface area contributed by atoms with Crippen molar-refractivity contribution in [1.29, 1.82) is 0 Å². The number of halogens is 1. The lowest BCUT2D eigenvalue weighted by Crippen LogP contribution is -2.42. The predicted molar refractivity (Wildman–Crippen MR) is 143 cm³/mol. The third-order valence-corrected chi connectivity index (χ3v) is 4.64. The molecule has 0 aliphatic heterocycles. The zero-order valence-electron chi connectivity index (χ0n) is 21.3. The summed E-state index contributed by atoms with van der Waals surface area (Å²) in [6.45, 7) is -1.15. The van der Waals surface area contributed by atoms with Crippen molar-refractivity contribution in [2.24, 2.45) is 5.73 Å². The Morgan fingerprint density at radius 2 is 1.28 bits per heavy atom. The van der Waals surface area contributed by atoms with E-state index in [2.05, 4.69) is 5.32 Å². The van der Waals surface area contributed by atoms with Crippen molar-refractivity contribution in [2.75, 3.05) is 32.7 Å². The maximum Gasteiger partial charge on any atom is 0.317 e. The summed E-state index contributed by atoms with van der Waals surface area (Å²) in [5.74, 6) is -3.76. The van der Waals surface area contributed by atoms with Crippen LogP contribution in [-0.2, 0) is 41.2 Å². The maximum absolute atomic E-state index is 11.7. The second-order valence-electron chi connectivity index (χ2n) is 7.73. The smallest absolute Gasteiger partial charge is 0.317 e. The van der Waals surface area contributed by atoms with Gasteiger partial charge in [0.15, 0.2) is 0 Å². The molecular weight excluding hydrogens is 534 g/mol. The van der Waals surface area contributed by atoms with Gasteiger partial charge in [-0.3, -0.25) is 28.9 Å². The van der Waals surface area contributed by atoms with Crippen molar-refractivity contribution in [2.45, 2.75) is 25.3 Å². The van der Waals surface area contributed by atoms with Crippen molar-refractivity contribution < 1.29 is 44.0 Å². The topological polar surface area (TPSA) is 197 Å². The van der Waals surface area contributed by atoms with Crippen LogP contribution in [0.4, 0.5) is 0 Å². The number of ether oxygens (including phenoxy) is 1. The van der Waals surface area contributed by atoms with Crippen LogP contribution in [0.25, 0.3) is 0 Å². The highest BCUT2D eigenvalue weighted by molar-refractivity contribution is 6.17. The first-order chi connectivity index (χ1) is 18.6. The monoisotopic (exact) mass is 567 g/mol. The summed E-state index contributed by atoms with van der Waals surface area (Å²) >= 11 is 5.53. The number of carboxylic acids is 3. The van der Waals surface area contributed by atoms with Gasteiger partial charge >= 0.3 is 23.9 Å². The van der Waals surface area contributed by atoms with Crippen LogP contribution >= 0.6 is 11.6 Å². The molecule has 214 valence electrons. The van der Waals surface area contributed by atoms with Crippen LogP contribution in [0.2, 0.25) is 0 Å². The highest BCUT2D eigenvalue weighted by Crippen LogP contribution is 2.02. The fourth-order valence-electron chi connectivity index (χ4n) is 2.61. The van der Waals surface area contributed by atoms with Gasteiger partial charge in [-0.2, -0.15) is 0 Å². The number of nitrogens with zero attached hydrogens (tertiary/aromatic N) is 1. The molecule has 13 heteroatoms. The molecule has 0 saturated carbocycles. The largest absolute Gasteiger partial charge is 0.481 e. The Morgan fingerprint density at radius 1 is 0.769 bits per heavy atom. The summed E-state index contributed by atoms with van der Waals surface area (Å²) < 4.78 is 5.04. The number of hydrogen-bond acceptors (Lipinski definition) is 8. The minimum Gasteiger partial charge on any atom is -0.481 e. The van der Waals surface area contributed by atoms with Crippen molar-refractivity contribution >= 4 is 41.4 Å². The number of carbonyl (C=O) groups excluding carboxylic acids is 2. The van der Waals surface area contributed by atoms with Crippen molar-refractivity contribution in [3.05, 3.63) is 71.8 Å². The molecule has 12 nitrogen and oxygen atoms in total. The molecule has 0 aromatic heterocycles. The number of esters is 1. The molecular formula is C26H34ClN3O9. The molecule has 0 fully saturated rings. The predicted octanol–water partition coefficient (Wildman–Crippen LogP) is 1.55. The quantitative estimate of drug-likeness (QED) is 0.164. The van der Waals surface area contributed by atoms with E-state index in [0.29, 0.717) is 5.88 Å². The molecule has 0 saturated heterocycles. The molecule has 0 heterocycles. The standard InChI is InChI=1S/C16H20N2O7.C7H7Cl.C3H7NO2/c19-13(8-18(9-14(20)21)10-15(22)23)17-7-6-16(24)25-11-12-4-2-1-3-5-12;8-6-7-4-2-1-3-5-7;4-2-1-3(5)6/h1-5H,6-11H2,(H,17,19)(H,20,21)(H,22,23);1-5H,6H2;1-2,4H2,(H,5,6). The molecule has 6 N–H and O–H groups in total. The Morgan fingerprint density at radius 3 is 1.67 bits per heavy atom. The summed E-state index contributed by atoms with van der Waals surface area (Å²) in [6, 6.07) is 19.1. The van der Waals surface area contributed by atoms with E-state index in [1.54, 1.807) is 0 Å². The molecule has 39 heavy (non-hydrogen) atoms. The lowest BCUT2D eigenvalue weighted by Gasteiger charge is -2.17. The molecule has 2 rings (SSSR count). The molecule has 1 amide bonds. The van der Waals surface area contributed by atoms with Gasteiger partial charge in [0.05, 0.1) is 32.5 Å². The van der Waals surface area contributed by atoms with Crippen LogP contribution in [0, 0.1) is 0 Å². The number of benzene rings is 2. The van der Waals surface area contributed by atoms with Gasteiger partial charge in [-0.25, -0.2) is 0 Å². The van der Waals surface area contributed by atoms with E-state index in [-0.39, 0.29) is 32.5 Å². The third kappa shape index (κ3) is 21.8. The average molecular weight is 568 g/mol. The highest BCUT2D eigenvalue weighted by atomic mass is 35.5. The van der Waals surface area contributed by atoms with E-state index in [0.717, 1.165) is 10.5 Å².